The summed E-state index contributed by atoms with van der Waals surface area (Å²) in [6.07, 6.45) is 5.99. The van der Waals surface area contributed by atoms with Crippen LogP contribution in [0.15, 0.2) is 0 Å². The SMILES string of the molecule is CCCC1NC(CC)C(=O)N1CC1CCSCC1. The highest BCUT2D eigenvalue weighted by molar-refractivity contribution is 7.99. The second kappa shape index (κ2) is 6.80. The maximum Gasteiger partial charge on any atom is 0.241 e. The van der Waals surface area contributed by atoms with Crippen LogP contribution in [0.1, 0.15) is 46.0 Å². The molecule has 1 N–H and O–H groups in total. The van der Waals surface area contributed by atoms with Crippen molar-refractivity contribution in [2.24, 2.45) is 5.92 Å². The third-order valence-electron chi connectivity index (χ3n) is 4.12. The van der Waals surface area contributed by atoms with E-state index in [-0.39, 0.29) is 6.04 Å². The predicted octanol–water partition coefficient (Wildman–Crippen LogP) is 2.47. The molecular formula is C14H26N2OS. The smallest absolute Gasteiger partial charge is 0.241 e. The predicted molar refractivity (Wildman–Crippen MR) is 77.7 cm³/mol. The van der Waals surface area contributed by atoms with Gasteiger partial charge in [0.25, 0.3) is 0 Å². The van der Waals surface area contributed by atoms with Gasteiger partial charge in [0.05, 0.1) is 12.2 Å². The van der Waals surface area contributed by atoms with Gasteiger partial charge in [0.1, 0.15) is 0 Å². The Morgan fingerprint density at radius 1 is 1.33 bits per heavy atom. The number of rotatable bonds is 5. The Kier molecular flexibility index (Phi) is 5.37. The number of nitrogens with zero attached hydrogens (tertiary/aromatic N) is 1. The summed E-state index contributed by atoms with van der Waals surface area (Å²) in [5.74, 6) is 3.62. The summed E-state index contributed by atoms with van der Waals surface area (Å²) < 4.78 is 0. The minimum atomic E-state index is 0.0690. The van der Waals surface area contributed by atoms with Crippen LogP contribution in [0.5, 0.6) is 0 Å². The molecule has 2 atom stereocenters. The molecule has 0 aliphatic carbocycles. The van der Waals surface area contributed by atoms with Crippen molar-refractivity contribution >= 4 is 17.7 Å². The van der Waals surface area contributed by atoms with Crippen molar-refractivity contribution in [2.45, 2.75) is 58.2 Å². The van der Waals surface area contributed by atoms with Crippen molar-refractivity contribution in [3.05, 3.63) is 0 Å². The molecule has 0 aromatic rings. The van der Waals surface area contributed by atoms with Crippen LogP contribution in [-0.2, 0) is 4.79 Å². The normalized spacial score (nSPS) is 30.1. The molecule has 2 aliphatic heterocycles. The summed E-state index contributed by atoms with van der Waals surface area (Å²) in [5, 5.41) is 3.50. The van der Waals surface area contributed by atoms with E-state index in [2.05, 4.69) is 35.8 Å². The molecule has 2 heterocycles. The van der Waals surface area contributed by atoms with Crippen LogP contribution in [0.4, 0.5) is 0 Å². The van der Waals surface area contributed by atoms with E-state index in [1.54, 1.807) is 0 Å². The van der Waals surface area contributed by atoms with Gasteiger partial charge in [-0.1, -0.05) is 20.3 Å². The molecular weight excluding hydrogens is 244 g/mol. The highest BCUT2D eigenvalue weighted by atomic mass is 32.2. The Hall–Kier alpha value is -0.220. The molecule has 3 nitrogen and oxygen atoms in total. The van der Waals surface area contributed by atoms with Gasteiger partial charge in [-0.3, -0.25) is 10.1 Å². The van der Waals surface area contributed by atoms with Crippen molar-refractivity contribution < 1.29 is 4.79 Å². The monoisotopic (exact) mass is 270 g/mol. The van der Waals surface area contributed by atoms with E-state index >= 15 is 0 Å². The lowest BCUT2D eigenvalue weighted by Gasteiger charge is -2.30. The first kappa shape index (κ1) is 14.2. The van der Waals surface area contributed by atoms with E-state index in [1.165, 1.54) is 24.3 Å². The largest absolute Gasteiger partial charge is 0.326 e. The van der Waals surface area contributed by atoms with E-state index in [9.17, 15) is 4.79 Å². The second-order valence-corrected chi connectivity index (χ2v) is 6.70. The average Bonchev–Trinajstić information content (AvgIpc) is 2.69. The van der Waals surface area contributed by atoms with Crippen LogP contribution in [0.3, 0.4) is 0 Å². The van der Waals surface area contributed by atoms with Crippen LogP contribution in [0, 0.1) is 5.92 Å². The number of hydrogen-bond donors (Lipinski definition) is 1. The Bertz CT molecular complexity index is 279. The number of carbonyl (C=O) groups is 1. The highest BCUT2D eigenvalue weighted by Crippen LogP contribution is 2.26. The molecule has 0 bridgehead atoms. The van der Waals surface area contributed by atoms with E-state index in [1.807, 2.05) is 0 Å². The van der Waals surface area contributed by atoms with Crippen molar-refractivity contribution in [2.75, 3.05) is 18.1 Å². The maximum atomic E-state index is 12.4. The van der Waals surface area contributed by atoms with E-state index in [4.69, 9.17) is 0 Å². The molecule has 4 heteroatoms. The van der Waals surface area contributed by atoms with Gasteiger partial charge in [-0.05, 0) is 43.1 Å². The zero-order valence-corrected chi connectivity index (χ0v) is 12.5. The Morgan fingerprint density at radius 3 is 2.67 bits per heavy atom. The van der Waals surface area contributed by atoms with Gasteiger partial charge in [-0.15, -0.1) is 0 Å². The number of nitrogens with one attached hydrogen (secondary N) is 1. The lowest BCUT2D eigenvalue weighted by atomic mass is 10.0. The number of thioether (sulfide) groups is 1. The molecule has 2 fully saturated rings. The lowest BCUT2D eigenvalue weighted by Crippen LogP contribution is -2.41. The highest BCUT2D eigenvalue weighted by Gasteiger charge is 2.38. The van der Waals surface area contributed by atoms with E-state index in [0.717, 1.165) is 31.7 Å². The molecule has 18 heavy (non-hydrogen) atoms. The lowest BCUT2D eigenvalue weighted by molar-refractivity contribution is -0.130. The summed E-state index contributed by atoms with van der Waals surface area (Å²) in [5.41, 5.74) is 0. The number of carbonyl (C=O) groups excluding carboxylic acids is 1. The fourth-order valence-corrected chi connectivity index (χ4v) is 4.18. The minimum absolute atomic E-state index is 0.0690. The third-order valence-corrected chi connectivity index (χ3v) is 5.17. The summed E-state index contributed by atoms with van der Waals surface area (Å²) in [7, 11) is 0. The first-order chi connectivity index (χ1) is 8.76. The van der Waals surface area contributed by atoms with Gasteiger partial charge in [-0.2, -0.15) is 11.8 Å². The topological polar surface area (TPSA) is 32.3 Å². The van der Waals surface area contributed by atoms with Gasteiger partial charge in [-0.25, -0.2) is 0 Å². The molecule has 1 amide bonds. The number of amides is 1. The zero-order valence-electron chi connectivity index (χ0n) is 11.7. The summed E-state index contributed by atoms with van der Waals surface area (Å²) in [6, 6.07) is 0.0690. The maximum absolute atomic E-state index is 12.4. The first-order valence-corrected chi connectivity index (χ1v) is 8.56. The molecule has 0 saturated carbocycles. The van der Waals surface area contributed by atoms with E-state index in [0.29, 0.717) is 12.1 Å². The molecule has 0 aromatic heterocycles. The molecule has 0 spiro atoms. The first-order valence-electron chi connectivity index (χ1n) is 7.40. The Labute approximate surface area is 115 Å². The quantitative estimate of drug-likeness (QED) is 0.833. The summed E-state index contributed by atoms with van der Waals surface area (Å²) in [4.78, 5) is 14.5. The fraction of sp³-hybridized carbons (Fsp3) is 0.929. The van der Waals surface area contributed by atoms with E-state index < -0.39 is 0 Å². The average molecular weight is 270 g/mol. The van der Waals surface area contributed by atoms with Crippen molar-refractivity contribution in [3.63, 3.8) is 0 Å². The number of hydrogen-bond acceptors (Lipinski definition) is 3. The Balaban J connectivity index is 1.95. The van der Waals surface area contributed by atoms with Crippen molar-refractivity contribution in [3.8, 4) is 0 Å². The minimum Gasteiger partial charge on any atom is -0.326 e. The summed E-state index contributed by atoms with van der Waals surface area (Å²) >= 11 is 2.05. The molecule has 104 valence electrons. The van der Waals surface area contributed by atoms with Crippen LogP contribution in [0.2, 0.25) is 0 Å². The third kappa shape index (κ3) is 3.21. The fourth-order valence-electron chi connectivity index (χ4n) is 2.98. The van der Waals surface area contributed by atoms with Crippen molar-refractivity contribution in [1.29, 1.82) is 0 Å². The van der Waals surface area contributed by atoms with Crippen LogP contribution >= 0.6 is 11.8 Å². The standard InChI is InChI=1S/C14H26N2OS/c1-3-5-13-15-12(4-2)14(17)16(13)10-11-6-8-18-9-7-11/h11-13,15H,3-10H2,1-2H3. The van der Waals surface area contributed by atoms with Gasteiger partial charge < -0.3 is 4.90 Å². The second-order valence-electron chi connectivity index (χ2n) is 5.48. The molecule has 2 saturated heterocycles. The van der Waals surface area contributed by atoms with Crippen LogP contribution in [0.25, 0.3) is 0 Å². The molecule has 0 aromatic carbocycles. The zero-order chi connectivity index (χ0) is 13.0. The van der Waals surface area contributed by atoms with Gasteiger partial charge >= 0.3 is 0 Å². The van der Waals surface area contributed by atoms with Crippen LogP contribution < -0.4 is 5.32 Å². The van der Waals surface area contributed by atoms with Crippen LogP contribution in [-0.4, -0.2) is 41.1 Å². The van der Waals surface area contributed by atoms with Gasteiger partial charge in [0.15, 0.2) is 0 Å². The summed E-state index contributed by atoms with van der Waals surface area (Å²) in [6.45, 7) is 5.27. The molecule has 0 radical (unpaired) electrons. The Morgan fingerprint density at radius 2 is 2.06 bits per heavy atom. The van der Waals surface area contributed by atoms with Crippen molar-refractivity contribution in [1.82, 2.24) is 10.2 Å². The molecule has 2 aliphatic rings. The van der Waals surface area contributed by atoms with Gasteiger partial charge in [0.2, 0.25) is 5.91 Å². The molecule has 2 rings (SSSR count). The molecule has 2 unspecified atom stereocenters. The van der Waals surface area contributed by atoms with Gasteiger partial charge in [0, 0.05) is 6.54 Å².